The molecule has 1 saturated heterocycles. The average Bonchev–Trinajstić information content (AvgIpc) is 2.16. The molecule has 2 atom stereocenters. The van der Waals surface area contributed by atoms with Gasteiger partial charge < -0.3 is 4.90 Å². The molecule has 0 amide bonds. The first-order valence-corrected chi connectivity index (χ1v) is 7.70. The molecule has 3 heteroatoms. The van der Waals surface area contributed by atoms with Crippen molar-refractivity contribution >= 4 is 22.6 Å². The Balaban J connectivity index is 2.10. The summed E-state index contributed by atoms with van der Waals surface area (Å²) in [5.41, 5.74) is 0. The lowest BCUT2D eigenvalue weighted by molar-refractivity contribution is 0.0708. The first-order valence-electron chi connectivity index (χ1n) is 6.17. The fraction of sp³-hybridized carbons (Fsp3) is 1.00. The summed E-state index contributed by atoms with van der Waals surface area (Å²) in [4.78, 5) is 5.01. The Bertz CT molecular complexity index is 173. The minimum Gasteiger partial charge on any atom is -0.307 e. The quantitative estimate of drug-likeness (QED) is 0.404. The highest BCUT2D eigenvalue weighted by molar-refractivity contribution is 14.1. The summed E-state index contributed by atoms with van der Waals surface area (Å²) in [6.07, 6.45) is 4.17. The smallest absolute Gasteiger partial charge is 0.0508 e. The van der Waals surface area contributed by atoms with Gasteiger partial charge in [0.2, 0.25) is 0 Å². The van der Waals surface area contributed by atoms with Crippen molar-refractivity contribution in [1.29, 1.82) is 0 Å². The zero-order valence-electron chi connectivity index (χ0n) is 10.4. The molecule has 0 aromatic heterocycles. The zero-order chi connectivity index (χ0) is 11.3. The minimum absolute atomic E-state index is 0.883. The Kier molecular flexibility index (Phi) is 6.46. The summed E-state index contributed by atoms with van der Waals surface area (Å²) in [5, 5.41) is 0. The van der Waals surface area contributed by atoms with Crippen molar-refractivity contribution in [3.05, 3.63) is 0 Å². The predicted molar refractivity (Wildman–Crippen MR) is 75.6 cm³/mol. The van der Waals surface area contributed by atoms with Gasteiger partial charge in [-0.2, -0.15) is 0 Å². The minimum atomic E-state index is 0.883. The van der Waals surface area contributed by atoms with Crippen LogP contribution in [0.25, 0.3) is 0 Å². The molecule has 0 bridgehead atoms. The van der Waals surface area contributed by atoms with E-state index in [0.717, 1.165) is 12.0 Å². The van der Waals surface area contributed by atoms with Crippen LogP contribution in [-0.2, 0) is 0 Å². The number of nitrogens with zero attached hydrogens (tertiary/aromatic N) is 2. The molecule has 0 spiro atoms. The second-order valence-electron chi connectivity index (χ2n) is 4.80. The van der Waals surface area contributed by atoms with E-state index in [-0.39, 0.29) is 0 Å². The number of halogens is 1. The lowest BCUT2D eigenvalue weighted by atomic mass is 9.88. The molecule has 1 fully saturated rings. The van der Waals surface area contributed by atoms with Crippen LogP contribution in [0.5, 0.6) is 0 Å². The highest BCUT2D eigenvalue weighted by Crippen LogP contribution is 2.28. The number of likely N-dealkylation sites (tertiary alicyclic amines) is 1. The van der Waals surface area contributed by atoms with Crippen molar-refractivity contribution in [2.24, 2.45) is 5.92 Å². The van der Waals surface area contributed by atoms with Gasteiger partial charge in [0, 0.05) is 12.6 Å². The normalized spacial score (nSPS) is 24.2. The SMILES string of the molecule is CCN(C)CCCC(C)[C@@H]1CCN1CI. The lowest BCUT2D eigenvalue weighted by Crippen LogP contribution is -2.50. The topological polar surface area (TPSA) is 6.48 Å². The monoisotopic (exact) mass is 324 g/mol. The fourth-order valence-corrected chi connectivity index (χ4v) is 3.13. The Morgan fingerprint density at radius 1 is 1.53 bits per heavy atom. The molecule has 0 aromatic rings. The zero-order valence-corrected chi connectivity index (χ0v) is 12.5. The Morgan fingerprint density at radius 2 is 2.27 bits per heavy atom. The van der Waals surface area contributed by atoms with E-state index >= 15 is 0 Å². The summed E-state index contributed by atoms with van der Waals surface area (Å²) < 4.78 is 1.21. The van der Waals surface area contributed by atoms with Gasteiger partial charge in [0.1, 0.15) is 0 Å². The third kappa shape index (κ3) is 4.19. The third-order valence-electron chi connectivity index (χ3n) is 3.73. The van der Waals surface area contributed by atoms with E-state index in [0.29, 0.717) is 0 Å². The molecular weight excluding hydrogens is 299 g/mol. The van der Waals surface area contributed by atoms with Crippen LogP contribution in [0.1, 0.15) is 33.1 Å². The summed E-state index contributed by atoms with van der Waals surface area (Å²) in [6.45, 7) is 8.42. The van der Waals surface area contributed by atoms with E-state index in [1.807, 2.05) is 0 Å². The molecule has 15 heavy (non-hydrogen) atoms. The van der Waals surface area contributed by atoms with Crippen molar-refractivity contribution in [1.82, 2.24) is 9.80 Å². The maximum Gasteiger partial charge on any atom is 0.0508 e. The largest absolute Gasteiger partial charge is 0.307 e. The number of rotatable bonds is 7. The van der Waals surface area contributed by atoms with Crippen LogP contribution in [0, 0.1) is 5.92 Å². The van der Waals surface area contributed by atoms with Crippen LogP contribution in [-0.4, -0.2) is 47.1 Å². The summed E-state index contributed by atoms with van der Waals surface area (Å²) in [6, 6.07) is 0.883. The molecule has 2 nitrogen and oxygen atoms in total. The highest BCUT2D eigenvalue weighted by atomic mass is 127. The average molecular weight is 324 g/mol. The van der Waals surface area contributed by atoms with Crippen molar-refractivity contribution in [3.63, 3.8) is 0 Å². The van der Waals surface area contributed by atoms with Crippen LogP contribution in [0.2, 0.25) is 0 Å². The third-order valence-corrected chi connectivity index (χ3v) is 4.61. The van der Waals surface area contributed by atoms with Gasteiger partial charge in [-0.15, -0.1) is 0 Å². The number of hydrogen-bond donors (Lipinski definition) is 0. The Labute approximate surface area is 109 Å². The van der Waals surface area contributed by atoms with Gasteiger partial charge in [0.05, 0.1) is 4.55 Å². The first kappa shape index (κ1) is 13.7. The van der Waals surface area contributed by atoms with Crippen molar-refractivity contribution in [3.8, 4) is 0 Å². The van der Waals surface area contributed by atoms with Gasteiger partial charge in [-0.3, -0.25) is 4.90 Å². The van der Waals surface area contributed by atoms with Crippen LogP contribution >= 0.6 is 22.6 Å². The van der Waals surface area contributed by atoms with E-state index in [1.54, 1.807) is 0 Å². The predicted octanol–water partition coefficient (Wildman–Crippen LogP) is 2.82. The van der Waals surface area contributed by atoms with Gasteiger partial charge in [0.25, 0.3) is 0 Å². The second-order valence-corrected chi connectivity index (χ2v) is 5.49. The second kappa shape index (κ2) is 7.07. The molecule has 1 rings (SSSR count). The van der Waals surface area contributed by atoms with Gasteiger partial charge in [-0.25, -0.2) is 0 Å². The first-order chi connectivity index (χ1) is 7.19. The Hall–Kier alpha value is 0.650. The number of hydrogen-bond acceptors (Lipinski definition) is 2. The molecule has 0 aliphatic carbocycles. The molecular formula is C12H25IN2. The van der Waals surface area contributed by atoms with E-state index in [1.165, 1.54) is 43.4 Å². The summed E-state index contributed by atoms with van der Waals surface area (Å²) in [5.74, 6) is 0.888. The van der Waals surface area contributed by atoms with Crippen LogP contribution in [0.15, 0.2) is 0 Å². The van der Waals surface area contributed by atoms with Crippen LogP contribution in [0.3, 0.4) is 0 Å². The molecule has 0 N–H and O–H groups in total. The summed E-state index contributed by atoms with van der Waals surface area (Å²) >= 11 is 2.49. The molecule has 0 saturated carbocycles. The molecule has 1 heterocycles. The molecule has 1 aliphatic rings. The molecule has 90 valence electrons. The van der Waals surface area contributed by atoms with E-state index < -0.39 is 0 Å². The standard InChI is InChI=1S/C12H25IN2/c1-4-14(3)8-5-6-11(2)12-7-9-15(12)10-13/h11-12H,4-10H2,1-3H3/t11?,12-/m0/s1. The highest BCUT2D eigenvalue weighted by Gasteiger charge is 2.30. The maximum absolute atomic E-state index is 2.61. The van der Waals surface area contributed by atoms with Gasteiger partial charge in [0.15, 0.2) is 0 Å². The lowest BCUT2D eigenvalue weighted by Gasteiger charge is -2.43. The van der Waals surface area contributed by atoms with Gasteiger partial charge >= 0.3 is 0 Å². The van der Waals surface area contributed by atoms with E-state index in [4.69, 9.17) is 0 Å². The molecule has 1 aliphatic heterocycles. The molecule has 0 aromatic carbocycles. The van der Waals surface area contributed by atoms with E-state index in [9.17, 15) is 0 Å². The summed E-state index contributed by atoms with van der Waals surface area (Å²) in [7, 11) is 2.21. The van der Waals surface area contributed by atoms with Crippen LogP contribution < -0.4 is 0 Å². The van der Waals surface area contributed by atoms with Gasteiger partial charge in [-0.1, -0.05) is 36.4 Å². The molecule has 0 radical (unpaired) electrons. The fourth-order valence-electron chi connectivity index (χ4n) is 2.29. The molecule has 1 unspecified atom stereocenters. The van der Waals surface area contributed by atoms with E-state index in [2.05, 4.69) is 53.3 Å². The van der Waals surface area contributed by atoms with Crippen molar-refractivity contribution in [2.75, 3.05) is 31.2 Å². The van der Waals surface area contributed by atoms with Crippen molar-refractivity contribution in [2.45, 2.75) is 39.2 Å². The van der Waals surface area contributed by atoms with Gasteiger partial charge in [-0.05, 0) is 45.3 Å². The Morgan fingerprint density at radius 3 is 2.73 bits per heavy atom. The van der Waals surface area contributed by atoms with Crippen LogP contribution in [0.4, 0.5) is 0 Å². The number of alkyl halides is 1. The van der Waals surface area contributed by atoms with Crippen molar-refractivity contribution < 1.29 is 0 Å². The maximum atomic E-state index is 2.61.